The average molecular weight is 521 g/mol. The number of para-hydroxylation sites is 2. The largest absolute Gasteiger partial charge is 0.496 e. The van der Waals surface area contributed by atoms with Crippen molar-refractivity contribution in [3.63, 3.8) is 0 Å². The molecule has 6 aromatic rings. The van der Waals surface area contributed by atoms with Crippen molar-refractivity contribution >= 4 is 31.6 Å². The highest BCUT2D eigenvalue weighted by Gasteiger charge is 2.22. The maximum absolute atomic E-state index is 14.2. The number of aromatic nitrogens is 2. The van der Waals surface area contributed by atoms with Gasteiger partial charge in [-0.1, -0.05) is 72.8 Å². The molecule has 0 aliphatic rings. The van der Waals surface area contributed by atoms with Crippen LogP contribution in [0.2, 0.25) is 0 Å². The van der Waals surface area contributed by atoms with Crippen LogP contribution in [0.3, 0.4) is 0 Å². The summed E-state index contributed by atoms with van der Waals surface area (Å²) < 4.78 is 14.4. The summed E-state index contributed by atoms with van der Waals surface area (Å²) in [6, 6.07) is 30.5. The van der Waals surface area contributed by atoms with Gasteiger partial charge >= 0.3 is 0 Å². The summed E-state index contributed by atoms with van der Waals surface area (Å²) in [5, 5.41) is 11.4. The first-order valence-corrected chi connectivity index (χ1v) is 13.0. The summed E-state index contributed by atoms with van der Waals surface area (Å²) in [6.45, 7) is 0.167. The van der Waals surface area contributed by atoms with Crippen molar-refractivity contribution in [3.05, 3.63) is 119 Å². The lowest BCUT2D eigenvalue weighted by molar-refractivity contribution is 0.277. The quantitative estimate of drug-likeness (QED) is 0.256. The molecule has 0 radical (unpaired) electrons. The molecular weight excluding hydrogens is 496 g/mol. The van der Waals surface area contributed by atoms with Crippen LogP contribution >= 0.6 is 11.3 Å². The van der Waals surface area contributed by atoms with Crippen molar-refractivity contribution in [2.24, 2.45) is 0 Å². The Morgan fingerprint density at radius 1 is 0.895 bits per heavy atom. The summed E-state index contributed by atoms with van der Waals surface area (Å²) in [5.74, 6) is 2.35. The maximum atomic E-state index is 14.2. The van der Waals surface area contributed by atoms with Gasteiger partial charge in [0.2, 0.25) is 0 Å². The lowest BCUT2D eigenvalue weighted by Crippen LogP contribution is -2.23. The summed E-state index contributed by atoms with van der Waals surface area (Å²) in [4.78, 5) is 19.9. The van der Waals surface area contributed by atoms with E-state index >= 15 is 0 Å². The van der Waals surface area contributed by atoms with Gasteiger partial charge in [-0.15, -0.1) is 11.3 Å². The van der Waals surface area contributed by atoms with Crippen LogP contribution in [0.1, 0.15) is 11.1 Å². The normalized spacial score (nSPS) is 11.2. The standard InChI is InChI=1S/C31H24N2O4S/c1-36-25-15-9-8-14-23(25)29-32-30-26(31(35)33(29)18-20-10-4-2-5-11-20)24-17-16-21(19-34)27(28(24)38-30)37-22-12-6-3-7-13-22/h2-17,34H,18-19H2,1H3. The molecule has 0 unspecified atom stereocenters. The van der Waals surface area contributed by atoms with E-state index in [-0.39, 0.29) is 12.2 Å². The van der Waals surface area contributed by atoms with Crippen LogP contribution < -0.4 is 15.0 Å². The molecule has 2 heterocycles. The second-order valence-electron chi connectivity index (χ2n) is 8.80. The van der Waals surface area contributed by atoms with Crippen molar-refractivity contribution in [1.29, 1.82) is 0 Å². The van der Waals surface area contributed by atoms with Gasteiger partial charge in [0.1, 0.15) is 22.2 Å². The van der Waals surface area contributed by atoms with E-state index in [1.54, 1.807) is 11.7 Å². The predicted molar refractivity (Wildman–Crippen MR) is 151 cm³/mol. The molecular formula is C31H24N2O4S. The first-order valence-electron chi connectivity index (χ1n) is 12.2. The number of methoxy groups -OCH3 is 1. The Hall–Kier alpha value is -4.46. The van der Waals surface area contributed by atoms with E-state index in [1.807, 2.05) is 97.1 Å². The Morgan fingerprint density at radius 3 is 2.34 bits per heavy atom. The number of aliphatic hydroxyl groups is 1. The molecule has 4 aromatic carbocycles. The molecule has 0 atom stereocenters. The van der Waals surface area contributed by atoms with Gasteiger partial charge in [-0.05, 0) is 29.8 Å². The van der Waals surface area contributed by atoms with E-state index in [4.69, 9.17) is 14.5 Å². The van der Waals surface area contributed by atoms with Gasteiger partial charge in [0.15, 0.2) is 5.75 Å². The molecule has 1 N–H and O–H groups in total. The number of hydrogen-bond acceptors (Lipinski definition) is 6. The number of nitrogens with zero attached hydrogens (tertiary/aromatic N) is 2. The smallest absolute Gasteiger partial charge is 0.263 e. The first-order chi connectivity index (χ1) is 18.7. The third-order valence-electron chi connectivity index (χ3n) is 6.46. The highest BCUT2D eigenvalue weighted by molar-refractivity contribution is 7.25. The molecule has 38 heavy (non-hydrogen) atoms. The van der Waals surface area contributed by atoms with Crippen LogP contribution in [-0.2, 0) is 13.2 Å². The van der Waals surface area contributed by atoms with Crippen LogP contribution in [0, 0.1) is 0 Å². The van der Waals surface area contributed by atoms with E-state index in [9.17, 15) is 9.90 Å². The minimum absolute atomic E-state index is 0.145. The third-order valence-corrected chi connectivity index (χ3v) is 7.56. The molecule has 0 aliphatic heterocycles. The number of fused-ring (bicyclic) bond motifs is 3. The van der Waals surface area contributed by atoms with Gasteiger partial charge in [-0.2, -0.15) is 0 Å². The second-order valence-corrected chi connectivity index (χ2v) is 9.80. The number of thiophene rings is 1. The lowest BCUT2D eigenvalue weighted by atomic mass is 10.1. The fraction of sp³-hybridized carbons (Fsp3) is 0.0968. The Labute approximate surface area is 223 Å². The monoisotopic (exact) mass is 520 g/mol. The van der Waals surface area contributed by atoms with Gasteiger partial charge in [0.05, 0.1) is 35.9 Å². The molecule has 0 bridgehead atoms. The zero-order valence-electron chi connectivity index (χ0n) is 20.6. The number of hydrogen-bond donors (Lipinski definition) is 1. The van der Waals surface area contributed by atoms with Gasteiger partial charge in [-0.3, -0.25) is 9.36 Å². The van der Waals surface area contributed by atoms with E-state index in [0.29, 0.717) is 45.4 Å². The molecule has 6 rings (SSSR count). The highest BCUT2D eigenvalue weighted by Crippen LogP contribution is 2.42. The van der Waals surface area contributed by atoms with Crippen LogP contribution in [0.4, 0.5) is 0 Å². The number of aliphatic hydroxyl groups excluding tert-OH is 1. The molecule has 0 aliphatic carbocycles. The topological polar surface area (TPSA) is 73.6 Å². The Bertz CT molecular complexity index is 1810. The molecule has 0 fully saturated rings. The SMILES string of the molecule is COc1ccccc1-c1nc2sc3c(Oc4ccccc4)c(CO)ccc3c2c(=O)n1Cc1ccccc1. The summed E-state index contributed by atoms with van der Waals surface area (Å²) >= 11 is 1.39. The van der Waals surface area contributed by atoms with Crippen LogP contribution in [0.25, 0.3) is 31.7 Å². The predicted octanol–water partition coefficient (Wildman–Crippen LogP) is 6.62. The van der Waals surface area contributed by atoms with E-state index in [1.165, 1.54) is 11.3 Å². The van der Waals surface area contributed by atoms with Crippen molar-refractivity contribution in [1.82, 2.24) is 9.55 Å². The van der Waals surface area contributed by atoms with Crippen LogP contribution in [0.5, 0.6) is 17.2 Å². The number of ether oxygens (including phenoxy) is 2. The summed E-state index contributed by atoms with van der Waals surface area (Å²) in [6.07, 6.45) is 0. The summed E-state index contributed by atoms with van der Waals surface area (Å²) in [7, 11) is 1.61. The van der Waals surface area contributed by atoms with Gasteiger partial charge in [-0.25, -0.2) is 4.98 Å². The van der Waals surface area contributed by atoms with Crippen molar-refractivity contribution in [2.45, 2.75) is 13.2 Å². The fourth-order valence-electron chi connectivity index (χ4n) is 4.63. The molecule has 7 heteroatoms. The molecule has 0 amide bonds. The Morgan fingerprint density at radius 2 is 1.61 bits per heavy atom. The van der Waals surface area contributed by atoms with Crippen LogP contribution in [-0.4, -0.2) is 21.8 Å². The van der Waals surface area contributed by atoms with Crippen molar-refractivity contribution < 1.29 is 14.6 Å². The zero-order valence-corrected chi connectivity index (χ0v) is 21.4. The van der Waals surface area contributed by atoms with Crippen molar-refractivity contribution in [2.75, 3.05) is 7.11 Å². The highest BCUT2D eigenvalue weighted by atomic mass is 32.1. The van der Waals surface area contributed by atoms with Crippen LogP contribution in [0.15, 0.2) is 102 Å². The molecule has 0 spiro atoms. The Balaban J connectivity index is 1.64. The zero-order chi connectivity index (χ0) is 26.1. The second kappa shape index (κ2) is 10.1. The van der Waals surface area contributed by atoms with Gasteiger partial charge in [0.25, 0.3) is 5.56 Å². The van der Waals surface area contributed by atoms with Gasteiger partial charge < -0.3 is 14.6 Å². The molecule has 0 saturated carbocycles. The molecule has 6 nitrogen and oxygen atoms in total. The average Bonchev–Trinajstić information content (AvgIpc) is 3.35. The first kappa shape index (κ1) is 23.9. The minimum Gasteiger partial charge on any atom is -0.496 e. The third kappa shape index (κ3) is 4.22. The lowest BCUT2D eigenvalue weighted by Gasteiger charge is -2.15. The minimum atomic E-state index is -0.190. The summed E-state index contributed by atoms with van der Waals surface area (Å²) in [5.41, 5.74) is 2.22. The molecule has 0 saturated heterocycles. The van der Waals surface area contributed by atoms with E-state index in [0.717, 1.165) is 21.2 Å². The number of benzene rings is 4. The maximum Gasteiger partial charge on any atom is 0.263 e. The molecule has 2 aromatic heterocycles. The van der Waals surface area contributed by atoms with Crippen molar-refractivity contribution in [3.8, 4) is 28.6 Å². The Kier molecular flexibility index (Phi) is 6.37. The fourth-order valence-corrected chi connectivity index (χ4v) is 5.80. The molecule has 188 valence electrons. The van der Waals surface area contributed by atoms with E-state index in [2.05, 4.69) is 0 Å². The number of rotatable bonds is 7. The van der Waals surface area contributed by atoms with Gasteiger partial charge in [0, 0.05) is 10.9 Å². The van der Waals surface area contributed by atoms with E-state index < -0.39 is 0 Å².